The first-order valence-electron chi connectivity index (χ1n) is 7.29. The number of cyclic esters (lactones) is 2. The predicted octanol–water partition coefficient (Wildman–Crippen LogP) is 3.71. The van der Waals surface area contributed by atoms with Gasteiger partial charge in [0.2, 0.25) is 0 Å². The highest BCUT2D eigenvalue weighted by atomic mass is 32.2. The lowest BCUT2D eigenvalue weighted by Crippen LogP contribution is -2.42. The van der Waals surface area contributed by atoms with E-state index in [4.69, 9.17) is 9.47 Å². The molecule has 6 heteroatoms. The van der Waals surface area contributed by atoms with Crippen molar-refractivity contribution >= 4 is 29.4 Å². The summed E-state index contributed by atoms with van der Waals surface area (Å²) < 4.78 is 10.2. The van der Waals surface area contributed by atoms with E-state index in [0.717, 1.165) is 10.6 Å². The summed E-state index contributed by atoms with van der Waals surface area (Å²) in [6, 6.07) is 7.69. The number of anilines is 1. The molecule has 124 valence electrons. The fraction of sp³-hybridized carbons (Fsp3) is 0.412. The summed E-state index contributed by atoms with van der Waals surface area (Å²) in [5.74, 6) is -2.62. The summed E-state index contributed by atoms with van der Waals surface area (Å²) in [5.41, 5.74) is 0.658. The number of para-hydroxylation sites is 1. The Morgan fingerprint density at radius 2 is 1.65 bits per heavy atom. The Morgan fingerprint density at radius 1 is 1.09 bits per heavy atom. The summed E-state index contributed by atoms with van der Waals surface area (Å²) >= 11 is 1.69. The van der Waals surface area contributed by atoms with Gasteiger partial charge < -0.3 is 14.8 Å². The smallest absolute Gasteiger partial charge is 0.350 e. The van der Waals surface area contributed by atoms with Crippen LogP contribution in [0.4, 0.5) is 5.69 Å². The first-order chi connectivity index (χ1) is 10.6. The second-order valence-electron chi connectivity index (χ2n) is 6.59. The van der Waals surface area contributed by atoms with Gasteiger partial charge in [-0.05, 0) is 12.1 Å². The Labute approximate surface area is 140 Å². The third-order valence-corrected chi connectivity index (χ3v) is 3.98. The number of carbonyl (C=O) groups is 2. The van der Waals surface area contributed by atoms with Gasteiger partial charge in [0.15, 0.2) is 5.57 Å². The second-order valence-corrected chi connectivity index (χ2v) is 8.46. The second kappa shape index (κ2) is 6.28. The Bertz CT molecular complexity index is 637. The number of thioether (sulfide) groups is 1. The zero-order valence-electron chi connectivity index (χ0n) is 13.9. The summed E-state index contributed by atoms with van der Waals surface area (Å²) in [6.45, 7) is 9.38. The number of ether oxygens (including phenoxy) is 2. The lowest BCUT2D eigenvalue weighted by Gasteiger charge is -2.29. The van der Waals surface area contributed by atoms with Crippen LogP contribution >= 0.6 is 11.8 Å². The maximum atomic E-state index is 11.9. The highest BCUT2D eigenvalue weighted by Gasteiger charge is 2.38. The average molecular weight is 335 g/mol. The fourth-order valence-electron chi connectivity index (χ4n) is 1.93. The lowest BCUT2D eigenvalue weighted by molar-refractivity contribution is -0.222. The van der Waals surface area contributed by atoms with Crippen molar-refractivity contribution < 1.29 is 19.1 Å². The molecule has 2 rings (SSSR count). The molecule has 1 aliphatic rings. The maximum Gasteiger partial charge on any atom is 0.350 e. The van der Waals surface area contributed by atoms with Gasteiger partial charge in [0.25, 0.3) is 5.79 Å². The van der Waals surface area contributed by atoms with Crippen molar-refractivity contribution in [1.82, 2.24) is 0 Å². The van der Waals surface area contributed by atoms with Crippen molar-refractivity contribution in [2.24, 2.45) is 0 Å². The quantitative estimate of drug-likeness (QED) is 0.393. The molecule has 1 fully saturated rings. The van der Waals surface area contributed by atoms with Gasteiger partial charge in [-0.25, -0.2) is 9.59 Å². The van der Waals surface area contributed by atoms with Crippen molar-refractivity contribution in [1.29, 1.82) is 0 Å². The van der Waals surface area contributed by atoms with Crippen molar-refractivity contribution in [3.05, 3.63) is 36.0 Å². The van der Waals surface area contributed by atoms with Gasteiger partial charge in [-0.1, -0.05) is 32.9 Å². The number of rotatable bonds is 3. The van der Waals surface area contributed by atoms with Gasteiger partial charge in [0.05, 0.1) is 5.69 Å². The highest BCUT2D eigenvalue weighted by Crippen LogP contribution is 2.36. The van der Waals surface area contributed by atoms with E-state index < -0.39 is 17.7 Å². The van der Waals surface area contributed by atoms with Gasteiger partial charge in [-0.15, -0.1) is 11.8 Å². The molecular weight excluding hydrogens is 314 g/mol. The van der Waals surface area contributed by atoms with E-state index in [1.807, 2.05) is 24.3 Å². The summed E-state index contributed by atoms with van der Waals surface area (Å²) in [5, 5.41) is 3.01. The minimum atomic E-state index is -1.23. The van der Waals surface area contributed by atoms with Crippen LogP contribution in [0.2, 0.25) is 0 Å². The van der Waals surface area contributed by atoms with Crippen molar-refractivity contribution in [3.8, 4) is 0 Å². The van der Waals surface area contributed by atoms with E-state index in [2.05, 4.69) is 26.1 Å². The van der Waals surface area contributed by atoms with Gasteiger partial charge >= 0.3 is 11.9 Å². The Hall–Kier alpha value is -1.95. The molecule has 0 unspecified atom stereocenters. The first kappa shape index (κ1) is 17.4. The molecule has 1 N–H and O–H groups in total. The molecular formula is C17H21NO4S. The lowest BCUT2D eigenvalue weighted by atomic mass is 10.2. The van der Waals surface area contributed by atoms with Crippen LogP contribution in [0.1, 0.15) is 34.6 Å². The van der Waals surface area contributed by atoms with Gasteiger partial charge in [-0.2, -0.15) is 0 Å². The van der Waals surface area contributed by atoms with E-state index >= 15 is 0 Å². The van der Waals surface area contributed by atoms with Crippen LogP contribution in [0.5, 0.6) is 0 Å². The SMILES string of the molecule is CC1(C)OC(=O)C(=CNc2ccccc2SC(C)(C)C)C(=O)O1. The molecule has 1 aromatic carbocycles. The summed E-state index contributed by atoms with van der Waals surface area (Å²) in [6.07, 6.45) is 1.34. The molecule has 1 heterocycles. The molecule has 1 saturated heterocycles. The van der Waals surface area contributed by atoms with E-state index in [0.29, 0.717) is 0 Å². The van der Waals surface area contributed by atoms with Gasteiger partial charge in [-0.3, -0.25) is 0 Å². The Kier molecular flexibility index (Phi) is 4.75. The Morgan fingerprint density at radius 3 is 2.22 bits per heavy atom. The molecule has 0 radical (unpaired) electrons. The van der Waals surface area contributed by atoms with Gasteiger partial charge in [0, 0.05) is 29.7 Å². The van der Waals surface area contributed by atoms with Crippen LogP contribution in [-0.4, -0.2) is 22.5 Å². The topological polar surface area (TPSA) is 64.6 Å². The van der Waals surface area contributed by atoms with E-state index in [-0.39, 0.29) is 10.3 Å². The van der Waals surface area contributed by atoms with E-state index in [9.17, 15) is 9.59 Å². The monoisotopic (exact) mass is 335 g/mol. The normalized spacial score (nSPS) is 17.3. The van der Waals surface area contributed by atoms with E-state index in [1.165, 1.54) is 20.0 Å². The summed E-state index contributed by atoms with van der Waals surface area (Å²) in [4.78, 5) is 24.9. The number of esters is 2. The van der Waals surface area contributed by atoms with Crippen molar-refractivity contribution in [2.45, 2.75) is 50.0 Å². The molecule has 1 aliphatic heterocycles. The standard InChI is InChI=1S/C17H21NO4S/c1-16(2,3)23-13-9-7-6-8-12(13)18-10-11-14(19)21-17(4,5)22-15(11)20/h6-10,18H,1-5H3. The van der Waals surface area contributed by atoms with Crippen LogP contribution in [-0.2, 0) is 19.1 Å². The van der Waals surface area contributed by atoms with Gasteiger partial charge in [0.1, 0.15) is 0 Å². The first-order valence-corrected chi connectivity index (χ1v) is 8.10. The Balaban J connectivity index is 2.20. The molecule has 0 saturated carbocycles. The number of nitrogens with one attached hydrogen (secondary N) is 1. The molecule has 0 amide bonds. The zero-order valence-corrected chi connectivity index (χ0v) is 14.7. The van der Waals surface area contributed by atoms with Crippen LogP contribution in [0.25, 0.3) is 0 Å². The van der Waals surface area contributed by atoms with Crippen LogP contribution in [0.3, 0.4) is 0 Å². The van der Waals surface area contributed by atoms with Crippen LogP contribution < -0.4 is 5.32 Å². The number of carbonyl (C=O) groups excluding carboxylic acids is 2. The van der Waals surface area contributed by atoms with Crippen LogP contribution in [0.15, 0.2) is 40.9 Å². The molecule has 23 heavy (non-hydrogen) atoms. The van der Waals surface area contributed by atoms with E-state index in [1.54, 1.807) is 11.8 Å². The number of benzene rings is 1. The van der Waals surface area contributed by atoms with Crippen molar-refractivity contribution in [2.75, 3.05) is 5.32 Å². The summed E-state index contributed by atoms with van der Waals surface area (Å²) in [7, 11) is 0. The minimum Gasteiger partial charge on any atom is -0.419 e. The largest absolute Gasteiger partial charge is 0.419 e. The predicted molar refractivity (Wildman–Crippen MR) is 90.0 cm³/mol. The molecule has 1 aromatic rings. The number of hydrogen-bond acceptors (Lipinski definition) is 6. The zero-order chi connectivity index (χ0) is 17.3. The fourth-order valence-corrected chi connectivity index (χ4v) is 2.98. The molecule has 0 spiro atoms. The number of hydrogen-bond donors (Lipinski definition) is 1. The third kappa shape index (κ3) is 4.76. The third-order valence-electron chi connectivity index (χ3n) is 2.79. The van der Waals surface area contributed by atoms with Crippen LogP contribution in [0, 0.1) is 0 Å². The molecule has 0 aromatic heterocycles. The minimum absolute atomic E-state index is 0.0393. The molecule has 0 atom stereocenters. The molecule has 0 bridgehead atoms. The average Bonchev–Trinajstić information content (AvgIpc) is 2.36. The van der Waals surface area contributed by atoms with Crippen molar-refractivity contribution in [3.63, 3.8) is 0 Å². The highest BCUT2D eigenvalue weighted by molar-refractivity contribution is 8.00. The molecule has 5 nitrogen and oxygen atoms in total. The maximum absolute atomic E-state index is 11.9. The molecule has 0 aliphatic carbocycles.